The predicted molar refractivity (Wildman–Crippen MR) is 99.4 cm³/mol. The molecule has 27 heavy (non-hydrogen) atoms. The fourth-order valence-electron chi connectivity index (χ4n) is 2.82. The molecule has 0 bridgehead atoms. The molecule has 1 saturated heterocycles. The molecular formula is C17H21ClFN3O4S. The fraction of sp³-hybridized carbons (Fsp3) is 0.471. The van der Waals surface area contributed by atoms with Gasteiger partial charge < -0.3 is 9.47 Å². The van der Waals surface area contributed by atoms with E-state index in [4.69, 9.17) is 21.1 Å². The Morgan fingerprint density at radius 1 is 1.48 bits per heavy atom. The second-order valence-corrected chi connectivity index (χ2v) is 8.69. The minimum atomic E-state index is -3.36. The Kier molecular flexibility index (Phi) is 6.36. The lowest BCUT2D eigenvalue weighted by molar-refractivity contribution is -0.0285. The van der Waals surface area contributed by atoms with E-state index in [1.165, 1.54) is 23.0 Å². The third-order valence-corrected chi connectivity index (χ3v) is 5.90. The lowest BCUT2D eigenvalue weighted by Crippen LogP contribution is -2.49. The number of rotatable bonds is 7. The number of hydrogen-bond donors (Lipinski definition) is 1. The topological polar surface area (TPSA) is 82.5 Å². The Balaban J connectivity index is 1.66. The van der Waals surface area contributed by atoms with Gasteiger partial charge in [0.2, 0.25) is 10.0 Å². The summed E-state index contributed by atoms with van der Waals surface area (Å²) in [6.07, 6.45) is 3.94. The summed E-state index contributed by atoms with van der Waals surface area (Å²) in [6, 6.07) is 4.05. The molecule has 148 valence electrons. The van der Waals surface area contributed by atoms with Crippen molar-refractivity contribution in [2.45, 2.75) is 31.9 Å². The summed E-state index contributed by atoms with van der Waals surface area (Å²) < 4.78 is 53.3. The van der Waals surface area contributed by atoms with Gasteiger partial charge in [-0.05, 0) is 31.9 Å². The molecule has 2 atom stereocenters. The van der Waals surface area contributed by atoms with Gasteiger partial charge in [0.1, 0.15) is 12.7 Å². The summed E-state index contributed by atoms with van der Waals surface area (Å²) in [5, 5.41) is 4.47. The first-order valence-corrected chi connectivity index (χ1v) is 10.7. The lowest BCUT2D eigenvalue weighted by atomic mass is 10.0. The van der Waals surface area contributed by atoms with Gasteiger partial charge in [-0.3, -0.25) is 0 Å². The van der Waals surface area contributed by atoms with Crippen LogP contribution in [0.1, 0.15) is 19.8 Å². The van der Waals surface area contributed by atoms with Gasteiger partial charge in [-0.15, -0.1) is 0 Å². The Bertz CT molecular complexity index is 890. The summed E-state index contributed by atoms with van der Waals surface area (Å²) in [5.41, 5.74) is 0.509. The van der Waals surface area contributed by atoms with Gasteiger partial charge in [-0.1, -0.05) is 11.6 Å². The van der Waals surface area contributed by atoms with Crippen molar-refractivity contribution in [3.8, 4) is 11.4 Å². The average molecular weight is 418 g/mol. The van der Waals surface area contributed by atoms with Crippen molar-refractivity contribution in [3.05, 3.63) is 41.4 Å². The van der Waals surface area contributed by atoms with Crippen molar-refractivity contribution in [1.82, 2.24) is 14.5 Å². The number of benzene rings is 1. The summed E-state index contributed by atoms with van der Waals surface area (Å²) in [7, 11) is -3.36. The molecule has 1 fully saturated rings. The van der Waals surface area contributed by atoms with E-state index in [-0.39, 0.29) is 18.1 Å². The van der Waals surface area contributed by atoms with Crippen LogP contribution in [0.5, 0.6) is 5.75 Å². The number of ether oxygens (including phenoxy) is 2. The molecule has 2 unspecified atom stereocenters. The molecule has 10 heteroatoms. The molecule has 2 heterocycles. The summed E-state index contributed by atoms with van der Waals surface area (Å²) in [6.45, 7) is 2.13. The Hall–Kier alpha value is -1.68. The molecule has 1 N–H and O–H groups in total. The van der Waals surface area contributed by atoms with Gasteiger partial charge >= 0.3 is 0 Å². The van der Waals surface area contributed by atoms with Gasteiger partial charge in [0.05, 0.1) is 28.7 Å². The first-order valence-electron chi connectivity index (χ1n) is 8.62. The highest BCUT2D eigenvalue weighted by atomic mass is 35.5. The van der Waals surface area contributed by atoms with Crippen LogP contribution in [0.2, 0.25) is 5.02 Å². The summed E-state index contributed by atoms with van der Waals surface area (Å²) >= 11 is 5.82. The zero-order valence-corrected chi connectivity index (χ0v) is 16.3. The molecule has 1 aromatic carbocycles. The van der Waals surface area contributed by atoms with E-state index in [0.29, 0.717) is 23.7 Å². The summed E-state index contributed by atoms with van der Waals surface area (Å²) in [5.74, 6) is -0.506. The van der Waals surface area contributed by atoms with E-state index < -0.39 is 28.0 Å². The van der Waals surface area contributed by atoms with Gasteiger partial charge in [0.15, 0.2) is 11.6 Å². The predicted octanol–water partition coefficient (Wildman–Crippen LogP) is 2.53. The maximum absolute atomic E-state index is 14.4. The van der Waals surface area contributed by atoms with Crippen molar-refractivity contribution in [2.24, 2.45) is 0 Å². The number of aromatic nitrogens is 2. The third kappa shape index (κ3) is 5.19. The SMILES string of the molecule is CCS(=O)(=O)NC1CCCOC1COc1ccc(-n2cc(Cl)cn2)cc1F. The maximum Gasteiger partial charge on any atom is 0.211 e. The van der Waals surface area contributed by atoms with Crippen LogP contribution in [0.25, 0.3) is 5.69 Å². The highest BCUT2D eigenvalue weighted by molar-refractivity contribution is 7.89. The maximum atomic E-state index is 14.4. The smallest absolute Gasteiger partial charge is 0.211 e. The van der Waals surface area contributed by atoms with E-state index in [0.717, 1.165) is 6.42 Å². The van der Waals surface area contributed by atoms with Crippen LogP contribution in [0, 0.1) is 5.82 Å². The van der Waals surface area contributed by atoms with Crippen LogP contribution in [0.3, 0.4) is 0 Å². The van der Waals surface area contributed by atoms with Crippen molar-refractivity contribution in [2.75, 3.05) is 19.0 Å². The minimum absolute atomic E-state index is 0.00931. The van der Waals surface area contributed by atoms with E-state index >= 15 is 0 Å². The van der Waals surface area contributed by atoms with Crippen LogP contribution in [0.15, 0.2) is 30.6 Å². The number of sulfonamides is 1. The molecule has 2 aromatic rings. The van der Waals surface area contributed by atoms with Crippen LogP contribution >= 0.6 is 11.6 Å². The van der Waals surface area contributed by atoms with Crippen molar-refractivity contribution < 1.29 is 22.3 Å². The molecule has 0 aliphatic carbocycles. The standard InChI is InChI=1S/C17H21ClFN3O4S/c1-2-27(23,24)21-15-4-3-7-25-17(15)11-26-16-6-5-13(8-14(16)19)22-10-12(18)9-20-22/h5-6,8-10,15,17,21H,2-4,7,11H2,1H3. The number of nitrogens with one attached hydrogen (secondary N) is 1. The molecule has 0 amide bonds. The second kappa shape index (κ2) is 8.55. The fourth-order valence-corrected chi connectivity index (χ4v) is 3.85. The summed E-state index contributed by atoms with van der Waals surface area (Å²) in [4.78, 5) is 0. The molecule has 1 aliphatic rings. The quantitative estimate of drug-likeness (QED) is 0.748. The van der Waals surface area contributed by atoms with Crippen molar-refractivity contribution in [1.29, 1.82) is 0 Å². The highest BCUT2D eigenvalue weighted by Crippen LogP contribution is 2.23. The van der Waals surface area contributed by atoms with Crippen LogP contribution < -0.4 is 9.46 Å². The second-order valence-electron chi connectivity index (χ2n) is 6.21. The monoisotopic (exact) mass is 417 g/mol. The van der Waals surface area contributed by atoms with Crippen LogP contribution in [-0.2, 0) is 14.8 Å². The van der Waals surface area contributed by atoms with Gasteiger partial charge in [0, 0.05) is 18.9 Å². The average Bonchev–Trinajstić information content (AvgIpc) is 3.08. The van der Waals surface area contributed by atoms with E-state index in [1.807, 2.05) is 0 Å². The first kappa shape index (κ1) is 20.1. The zero-order valence-electron chi connectivity index (χ0n) is 14.8. The Morgan fingerprint density at radius 2 is 2.30 bits per heavy atom. The first-order chi connectivity index (χ1) is 12.9. The van der Waals surface area contributed by atoms with E-state index in [2.05, 4.69) is 9.82 Å². The minimum Gasteiger partial charge on any atom is -0.488 e. The lowest BCUT2D eigenvalue weighted by Gasteiger charge is -2.31. The largest absolute Gasteiger partial charge is 0.488 e. The van der Waals surface area contributed by atoms with Gasteiger partial charge in [-0.2, -0.15) is 5.10 Å². The van der Waals surface area contributed by atoms with Crippen molar-refractivity contribution in [3.63, 3.8) is 0 Å². The van der Waals surface area contributed by atoms with Crippen LogP contribution in [0.4, 0.5) is 4.39 Å². The molecule has 3 rings (SSSR count). The molecular weight excluding hydrogens is 397 g/mol. The molecule has 7 nitrogen and oxygen atoms in total. The molecule has 0 spiro atoms. The Labute approximate surface area is 162 Å². The van der Waals surface area contributed by atoms with Gasteiger partial charge in [0.25, 0.3) is 0 Å². The zero-order chi connectivity index (χ0) is 19.4. The van der Waals surface area contributed by atoms with Crippen molar-refractivity contribution >= 4 is 21.6 Å². The number of halogens is 2. The number of hydrogen-bond acceptors (Lipinski definition) is 5. The van der Waals surface area contributed by atoms with E-state index in [9.17, 15) is 12.8 Å². The van der Waals surface area contributed by atoms with Gasteiger partial charge in [-0.25, -0.2) is 22.2 Å². The van der Waals surface area contributed by atoms with Crippen LogP contribution in [-0.4, -0.2) is 49.3 Å². The number of nitrogens with zero attached hydrogens (tertiary/aromatic N) is 2. The normalized spacial score (nSPS) is 20.6. The van der Waals surface area contributed by atoms with E-state index in [1.54, 1.807) is 19.2 Å². The molecule has 0 radical (unpaired) electrons. The Morgan fingerprint density at radius 3 is 2.96 bits per heavy atom. The molecule has 0 saturated carbocycles. The molecule has 1 aliphatic heterocycles. The molecule has 1 aromatic heterocycles. The third-order valence-electron chi connectivity index (χ3n) is 4.29. The highest BCUT2D eigenvalue weighted by Gasteiger charge is 2.30.